The van der Waals surface area contributed by atoms with Crippen LogP contribution in [0.3, 0.4) is 0 Å². The molecule has 3 rings (SSSR count). The molecule has 1 heterocycles. The number of hydrogen-bond donors (Lipinski definition) is 1. The van der Waals surface area contributed by atoms with Crippen LogP contribution in [0.1, 0.15) is 0 Å². The topological polar surface area (TPSA) is 56.8 Å². The summed E-state index contributed by atoms with van der Waals surface area (Å²) >= 11 is 0. The fourth-order valence-electron chi connectivity index (χ4n) is 1.77. The van der Waals surface area contributed by atoms with Gasteiger partial charge in [-0.3, -0.25) is 5.32 Å². The van der Waals surface area contributed by atoms with Gasteiger partial charge < -0.3 is 14.2 Å². The molecule has 0 bridgehead atoms. The van der Waals surface area contributed by atoms with Crippen molar-refractivity contribution in [1.29, 1.82) is 0 Å². The molecule has 0 aromatic heterocycles. The van der Waals surface area contributed by atoms with E-state index in [-0.39, 0.29) is 17.2 Å². The smallest absolute Gasteiger partial charge is 0.410 e. The average Bonchev–Trinajstić information content (AvgIpc) is 2.73. The van der Waals surface area contributed by atoms with Crippen molar-refractivity contribution in [3.8, 4) is 17.2 Å². The minimum absolute atomic E-state index is 0.0954. The number of anilines is 1. The van der Waals surface area contributed by atoms with Crippen LogP contribution in [0.25, 0.3) is 0 Å². The molecule has 0 saturated carbocycles. The molecule has 0 unspecified atom stereocenters. The van der Waals surface area contributed by atoms with Crippen molar-refractivity contribution in [2.24, 2.45) is 0 Å². The van der Waals surface area contributed by atoms with Gasteiger partial charge in [0.2, 0.25) is 0 Å². The minimum atomic E-state index is -3.69. The maximum atomic E-state index is 12.9. The highest BCUT2D eigenvalue weighted by Crippen LogP contribution is 2.42. The second-order valence-corrected chi connectivity index (χ2v) is 4.16. The summed E-state index contributed by atoms with van der Waals surface area (Å²) in [6, 6.07) is 12.3. The Morgan fingerprint density at radius 3 is 2.52 bits per heavy atom. The number of carbonyl (C=O) groups is 1. The Bertz CT molecular complexity index is 676. The van der Waals surface area contributed by atoms with Gasteiger partial charge in [-0.05, 0) is 24.3 Å². The first-order valence-corrected chi connectivity index (χ1v) is 5.96. The van der Waals surface area contributed by atoms with Crippen molar-refractivity contribution in [3.63, 3.8) is 0 Å². The number of nitrogens with one attached hydrogen (secondary N) is 1. The van der Waals surface area contributed by atoms with E-state index in [4.69, 9.17) is 4.74 Å². The van der Waals surface area contributed by atoms with E-state index >= 15 is 0 Å². The van der Waals surface area contributed by atoms with Crippen molar-refractivity contribution in [3.05, 3.63) is 48.5 Å². The average molecular weight is 293 g/mol. The Labute approximate surface area is 118 Å². The number of para-hydroxylation sites is 1. The molecule has 0 aliphatic carbocycles. The van der Waals surface area contributed by atoms with Crippen LogP contribution >= 0.6 is 0 Å². The highest BCUT2D eigenvalue weighted by molar-refractivity contribution is 5.86. The number of halogens is 2. The second-order valence-electron chi connectivity index (χ2n) is 4.16. The lowest BCUT2D eigenvalue weighted by atomic mass is 10.3. The third-order valence-corrected chi connectivity index (χ3v) is 2.60. The first-order valence-electron chi connectivity index (χ1n) is 5.96. The Balaban J connectivity index is 1.68. The third kappa shape index (κ3) is 3.02. The normalized spacial score (nSPS) is 14.6. The summed E-state index contributed by atoms with van der Waals surface area (Å²) in [6.07, 6.45) is -4.43. The van der Waals surface area contributed by atoms with Gasteiger partial charge in [-0.2, -0.15) is 0 Å². The molecule has 21 heavy (non-hydrogen) atoms. The minimum Gasteiger partial charge on any atom is -0.410 e. The molecule has 0 radical (unpaired) electrons. The maximum Gasteiger partial charge on any atom is 0.586 e. The zero-order chi connectivity index (χ0) is 14.9. The lowest BCUT2D eigenvalue weighted by molar-refractivity contribution is -0.286. The molecule has 0 atom stereocenters. The molecule has 0 saturated heterocycles. The fraction of sp³-hybridized carbons (Fsp3) is 0.0714. The van der Waals surface area contributed by atoms with Gasteiger partial charge in [-0.15, -0.1) is 8.78 Å². The molecule has 2 aromatic rings. The van der Waals surface area contributed by atoms with Crippen LogP contribution in [0.5, 0.6) is 17.2 Å². The number of hydrogen-bond acceptors (Lipinski definition) is 4. The molecule has 1 amide bonds. The van der Waals surface area contributed by atoms with E-state index in [1.165, 1.54) is 18.2 Å². The lowest BCUT2D eigenvalue weighted by Gasteiger charge is -2.06. The Morgan fingerprint density at radius 2 is 1.76 bits per heavy atom. The van der Waals surface area contributed by atoms with Gasteiger partial charge in [0.1, 0.15) is 5.75 Å². The predicted octanol–water partition coefficient (Wildman–Crippen LogP) is 3.62. The molecule has 1 aliphatic heterocycles. The number of ether oxygens (including phenoxy) is 3. The Morgan fingerprint density at radius 1 is 1.05 bits per heavy atom. The van der Waals surface area contributed by atoms with Crippen molar-refractivity contribution < 1.29 is 27.8 Å². The Hall–Kier alpha value is -2.83. The zero-order valence-electron chi connectivity index (χ0n) is 10.5. The van der Waals surface area contributed by atoms with E-state index in [9.17, 15) is 13.6 Å². The summed E-state index contributed by atoms with van der Waals surface area (Å²) in [4.78, 5) is 11.7. The van der Waals surface area contributed by atoms with Crippen LogP contribution in [0, 0.1) is 0 Å². The summed E-state index contributed by atoms with van der Waals surface area (Å²) < 4.78 is 39.3. The van der Waals surface area contributed by atoms with Crippen LogP contribution in [-0.4, -0.2) is 12.4 Å². The summed E-state index contributed by atoms with van der Waals surface area (Å²) in [5.41, 5.74) is 0.246. The molecule has 7 heteroatoms. The lowest BCUT2D eigenvalue weighted by Crippen LogP contribution is -2.25. The molecular formula is C14H9F2NO4. The quantitative estimate of drug-likeness (QED) is 0.918. The van der Waals surface area contributed by atoms with Crippen LogP contribution < -0.4 is 19.5 Å². The van der Waals surface area contributed by atoms with E-state index in [0.717, 1.165) is 0 Å². The largest absolute Gasteiger partial charge is 0.586 e. The SMILES string of the molecule is O=C(Nc1ccc2c(c1)OC(F)(F)O2)Oc1ccccc1. The first kappa shape index (κ1) is 13.2. The van der Waals surface area contributed by atoms with Crippen molar-refractivity contribution in [1.82, 2.24) is 0 Å². The monoisotopic (exact) mass is 293 g/mol. The van der Waals surface area contributed by atoms with Gasteiger partial charge in [-0.25, -0.2) is 4.79 Å². The summed E-state index contributed by atoms with van der Waals surface area (Å²) in [6.45, 7) is 0. The van der Waals surface area contributed by atoms with Crippen molar-refractivity contribution in [2.45, 2.75) is 6.29 Å². The van der Waals surface area contributed by atoms with Gasteiger partial charge in [0.05, 0.1) is 0 Å². The van der Waals surface area contributed by atoms with E-state index < -0.39 is 12.4 Å². The fourth-order valence-corrected chi connectivity index (χ4v) is 1.77. The van der Waals surface area contributed by atoms with Gasteiger partial charge >= 0.3 is 12.4 Å². The van der Waals surface area contributed by atoms with Crippen molar-refractivity contribution in [2.75, 3.05) is 5.32 Å². The summed E-state index contributed by atoms with van der Waals surface area (Å²) in [5.74, 6) is 0.113. The molecule has 5 nitrogen and oxygen atoms in total. The molecule has 2 aromatic carbocycles. The molecule has 0 fully saturated rings. The van der Waals surface area contributed by atoms with Crippen LogP contribution in [0.4, 0.5) is 19.3 Å². The maximum absolute atomic E-state index is 12.9. The van der Waals surface area contributed by atoms with E-state index in [2.05, 4.69) is 14.8 Å². The molecule has 0 spiro atoms. The number of amides is 1. The Kier molecular flexibility index (Phi) is 3.09. The number of fused-ring (bicyclic) bond motifs is 1. The molecule has 1 aliphatic rings. The summed E-state index contributed by atoms with van der Waals surface area (Å²) in [5, 5.41) is 2.41. The van der Waals surface area contributed by atoms with Gasteiger partial charge in [-0.1, -0.05) is 18.2 Å². The third-order valence-electron chi connectivity index (χ3n) is 2.60. The van der Waals surface area contributed by atoms with Gasteiger partial charge in [0.25, 0.3) is 0 Å². The van der Waals surface area contributed by atoms with Crippen molar-refractivity contribution >= 4 is 11.8 Å². The number of alkyl halides is 2. The second kappa shape index (κ2) is 4.93. The van der Waals surface area contributed by atoms with Crippen LogP contribution in [0.2, 0.25) is 0 Å². The van der Waals surface area contributed by atoms with E-state index in [0.29, 0.717) is 5.75 Å². The van der Waals surface area contributed by atoms with Crippen LogP contribution in [-0.2, 0) is 0 Å². The number of carbonyl (C=O) groups excluding carboxylic acids is 1. The van der Waals surface area contributed by atoms with E-state index in [1.807, 2.05) is 0 Å². The molecule has 108 valence electrons. The first-order chi connectivity index (χ1) is 10.0. The highest BCUT2D eigenvalue weighted by Gasteiger charge is 2.43. The standard InChI is InChI=1S/C14H9F2NO4/c15-14(16)20-11-7-6-9(8-12(11)21-14)17-13(18)19-10-4-2-1-3-5-10/h1-8H,(H,17,18). The number of rotatable bonds is 2. The summed E-state index contributed by atoms with van der Waals surface area (Å²) in [7, 11) is 0. The van der Waals surface area contributed by atoms with Gasteiger partial charge in [0, 0.05) is 11.8 Å². The number of benzene rings is 2. The highest BCUT2D eigenvalue weighted by atomic mass is 19.3. The molecule has 1 N–H and O–H groups in total. The predicted molar refractivity (Wildman–Crippen MR) is 68.7 cm³/mol. The van der Waals surface area contributed by atoms with Gasteiger partial charge in [0.15, 0.2) is 11.5 Å². The molecular weight excluding hydrogens is 284 g/mol. The van der Waals surface area contributed by atoms with Crippen LogP contribution in [0.15, 0.2) is 48.5 Å². The zero-order valence-corrected chi connectivity index (χ0v) is 10.5. The van der Waals surface area contributed by atoms with E-state index in [1.54, 1.807) is 30.3 Å².